The molecule has 1 saturated carbocycles. The van der Waals surface area contributed by atoms with E-state index in [1.807, 2.05) is 0 Å². The van der Waals surface area contributed by atoms with Crippen LogP contribution in [0.4, 0.5) is 5.69 Å². The molecule has 2 aliphatic heterocycles. The molecule has 0 bridgehead atoms. The van der Waals surface area contributed by atoms with E-state index in [0.29, 0.717) is 0 Å². The number of nitro groups is 1. The van der Waals surface area contributed by atoms with Gasteiger partial charge in [0.15, 0.2) is 6.29 Å². The highest BCUT2D eigenvalue weighted by molar-refractivity contribution is 5.36. The molecule has 1 aliphatic carbocycles. The summed E-state index contributed by atoms with van der Waals surface area (Å²) in [7, 11) is 0. The van der Waals surface area contributed by atoms with Gasteiger partial charge in [0.2, 0.25) is 6.29 Å². The Balaban J connectivity index is 1.42. The van der Waals surface area contributed by atoms with Gasteiger partial charge in [0.1, 0.15) is 66.8 Å². The second-order valence-corrected chi connectivity index (χ2v) is 10.7. The number of hydrogen-bond donors (Lipinski definition) is 10. The molecule has 0 unspecified atom stereocenters. The van der Waals surface area contributed by atoms with Crippen molar-refractivity contribution < 1.29 is 79.7 Å². The second-order valence-electron chi connectivity index (χ2n) is 10.7. The van der Waals surface area contributed by atoms with Gasteiger partial charge in [0, 0.05) is 24.7 Å². The lowest BCUT2D eigenvalue weighted by molar-refractivity contribution is -0.384. The molecule has 18 heteroatoms. The summed E-state index contributed by atoms with van der Waals surface area (Å²) < 4.78 is 27.9. The van der Waals surface area contributed by atoms with E-state index in [0.717, 1.165) is 12.1 Å². The summed E-state index contributed by atoms with van der Waals surface area (Å²) in [5.41, 5.74) is -0.220. The Morgan fingerprint density at radius 3 is 1.77 bits per heavy atom. The van der Waals surface area contributed by atoms with Crippen molar-refractivity contribution in [2.24, 2.45) is 5.92 Å². The van der Waals surface area contributed by atoms with E-state index in [1.54, 1.807) is 0 Å². The largest absolute Gasteiger partial charge is 0.462 e. The number of ether oxygens (including phenoxy) is 5. The van der Waals surface area contributed by atoms with Crippen LogP contribution in [-0.2, 0) is 18.9 Å². The van der Waals surface area contributed by atoms with Crippen LogP contribution in [0.5, 0.6) is 5.75 Å². The lowest BCUT2D eigenvalue weighted by Gasteiger charge is -2.48. The summed E-state index contributed by atoms with van der Waals surface area (Å²) in [6, 6.07) is 4.75. The monoisotopic (exact) mass is 623 g/mol. The number of aliphatic hydroxyl groups is 10. The first kappa shape index (κ1) is 33.7. The Hall–Kier alpha value is -2.14. The van der Waals surface area contributed by atoms with E-state index in [-0.39, 0.29) is 17.9 Å². The van der Waals surface area contributed by atoms with E-state index in [1.165, 1.54) is 12.1 Å². The number of aliphatic hydroxyl groups excluding tert-OH is 10. The maximum absolute atomic E-state index is 10.9. The summed E-state index contributed by atoms with van der Waals surface area (Å²) in [5, 5.41) is 114. The average molecular weight is 624 g/mol. The van der Waals surface area contributed by atoms with Crippen molar-refractivity contribution in [2.75, 3.05) is 19.8 Å². The van der Waals surface area contributed by atoms with Crippen molar-refractivity contribution in [3.8, 4) is 5.75 Å². The molecule has 3 fully saturated rings. The number of rotatable bonds is 10. The summed E-state index contributed by atoms with van der Waals surface area (Å²) >= 11 is 0. The third kappa shape index (κ3) is 7.08. The van der Waals surface area contributed by atoms with Crippen LogP contribution >= 0.6 is 0 Å². The number of non-ortho nitro benzene ring substituents is 1. The first-order valence-corrected chi connectivity index (χ1v) is 13.5. The fourth-order valence-corrected chi connectivity index (χ4v) is 5.38. The van der Waals surface area contributed by atoms with Gasteiger partial charge in [-0.2, -0.15) is 0 Å². The zero-order valence-corrected chi connectivity index (χ0v) is 22.6. The molecule has 4 rings (SSSR count). The van der Waals surface area contributed by atoms with Gasteiger partial charge in [-0.3, -0.25) is 10.1 Å². The van der Waals surface area contributed by atoms with E-state index >= 15 is 0 Å². The van der Waals surface area contributed by atoms with Crippen molar-refractivity contribution in [3.05, 3.63) is 34.4 Å². The van der Waals surface area contributed by atoms with Crippen LogP contribution in [0, 0.1) is 16.0 Å². The molecule has 3 aliphatic rings. The van der Waals surface area contributed by atoms with Gasteiger partial charge in [-0.15, -0.1) is 0 Å². The third-order valence-electron chi connectivity index (χ3n) is 7.90. The van der Waals surface area contributed by atoms with Crippen LogP contribution in [0.2, 0.25) is 0 Å². The predicted octanol–water partition coefficient (Wildman–Crippen LogP) is -4.91. The SMILES string of the molecule is O=[N+]([O-])c1ccc(O[C@@H]2O[C@H](CO)[C@@H](O[C@@H]3O[C@H](CO)[C@@H](O[C@@H]4C[C@H](CO)[C@@H](O)[C@H](O)[C@H]4O)[C@H](O)[C@H]3O)[C@H](O)[C@H]2O)cc1. The van der Waals surface area contributed by atoms with Crippen LogP contribution in [0.1, 0.15) is 6.42 Å². The molecule has 0 aromatic heterocycles. The Kier molecular flexibility index (Phi) is 11.2. The number of nitro benzene ring substituents is 1. The number of nitrogens with zero attached hydrogens (tertiary/aromatic N) is 1. The zero-order valence-electron chi connectivity index (χ0n) is 22.6. The van der Waals surface area contributed by atoms with Gasteiger partial charge >= 0.3 is 0 Å². The van der Waals surface area contributed by atoms with Crippen LogP contribution in [-0.4, -0.2) is 162 Å². The molecule has 244 valence electrons. The van der Waals surface area contributed by atoms with Crippen LogP contribution in [0.15, 0.2) is 24.3 Å². The molecule has 10 N–H and O–H groups in total. The van der Waals surface area contributed by atoms with Crippen molar-refractivity contribution in [1.82, 2.24) is 0 Å². The molecule has 18 nitrogen and oxygen atoms in total. The Labute approximate surface area is 244 Å². The molecule has 1 aromatic rings. The van der Waals surface area contributed by atoms with E-state index in [9.17, 15) is 61.2 Å². The van der Waals surface area contributed by atoms with E-state index in [2.05, 4.69) is 0 Å². The van der Waals surface area contributed by atoms with Gasteiger partial charge in [-0.25, -0.2) is 0 Å². The minimum Gasteiger partial charge on any atom is -0.462 e. The molecule has 43 heavy (non-hydrogen) atoms. The number of benzene rings is 1. The standard InChI is InChI=1S/C25H37NO17/c27-6-9-5-12(16(31)17(32)15(9)30)40-22-13(7-28)42-25(21(36)18(22)33)43-23-14(8-29)41-24(20(35)19(23)34)39-11-3-1-10(2-4-11)26(37)38/h1-4,9,12-25,27-36H,5-8H2/t9-,12-,13-,14-,15-,16+,17+,18-,19-,20-,21-,22-,23-,24-,25+/m1/s1. The molecule has 0 spiro atoms. The Morgan fingerprint density at radius 1 is 0.698 bits per heavy atom. The molecule has 1 aromatic carbocycles. The Morgan fingerprint density at radius 2 is 1.23 bits per heavy atom. The van der Waals surface area contributed by atoms with Crippen molar-refractivity contribution in [3.63, 3.8) is 0 Å². The summed E-state index contributed by atoms with van der Waals surface area (Å²) in [4.78, 5) is 10.2. The van der Waals surface area contributed by atoms with Gasteiger partial charge in [-0.1, -0.05) is 0 Å². The molecular formula is C25H37NO17. The summed E-state index contributed by atoms with van der Waals surface area (Å²) in [5.74, 6) is -0.833. The van der Waals surface area contributed by atoms with Gasteiger partial charge in [0.25, 0.3) is 5.69 Å². The second kappa shape index (κ2) is 14.3. The number of hydrogen-bond acceptors (Lipinski definition) is 17. The fourth-order valence-electron chi connectivity index (χ4n) is 5.38. The fraction of sp³-hybridized carbons (Fsp3) is 0.760. The normalized spacial score (nSPS) is 43.7. The average Bonchev–Trinajstić information content (AvgIpc) is 3.00. The summed E-state index contributed by atoms with van der Waals surface area (Å²) in [6.45, 7) is -2.12. The van der Waals surface area contributed by atoms with Gasteiger partial charge in [0.05, 0.1) is 30.3 Å². The third-order valence-corrected chi connectivity index (χ3v) is 7.90. The first-order valence-electron chi connectivity index (χ1n) is 13.5. The highest BCUT2D eigenvalue weighted by Crippen LogP contribution is 2.34. The maximum Gasteiger partial charge on any atom is 0.269 e. The van der Waals surface area contributed by atoms with Crippen molar-refractivity contribution in [2.45, 2.75) is 92.2 Å². The minimum atomic E-state index is -1.91. The zero-order chi connectivity index (χ0) is 31.6. The van der Waals surface area contributed by atoms with Crippen LogP contribution < -0.4 is 4.74 Å². The van der Waals surface area contributed by atoms with Gasteiger partial charge in [-0.05, 0) is 18.6 Å². The molecule has 15 atom stereocenters. The topological polar surface area (TPSA) is 292 Å². The lowest BCUT2D eigenvalue weighted by atomic mass is 9.81. The highest BCUT2D eigenvalue weighted by atomic mass is 16.7. The van der Waals surface area contributed by atoms with E-state index < -0.39 is 116 Å². The molecule has 0 amide bonds. The molecular weight excluding hydrogens is 586 g/mol. The van der Waals surface area contributed by atoms with Crippen LogP contribution in [0.25, 0.3) is 0 Å². The molecule has 2 saturated heterocycles. The maximum atomic E-state index is 10.9. The summed E-state index contributed by atoms with van der Waals surface area (Å²) in [6.07, 6.45) is -22.7. The van der Waals surface area contributed by atoms with Crippen LogP contribution in [0.3, 0.4) is 0 Å². The smallest absolute Gasteiger partial charge is 0.269 e. The predicted molar refractivity (Wildman–Crippen MR) is 136 cm³/mol. The van der Waals surface area contributed by atoms with Crippen molar-refractivity contribution in [1.29, 1.82) is 0 Å². The molecule has 2 heterocycles. The minimum absolute atomic E-state index is 0.0410. The first-order chi connectivity index (χ1) is 20.4. The Bertz CT molecular complexity index is 1040. The highest BCUT2D eigenvalue weighted by Gasteiger charge is 2.53. The lowest BCUT2D eigenvalue weighted by Crippen LogP contribution is -2.66. The van der Waals surface area contributed by atoms with E-state index in [4.69, 9.17) is 23.7 Å². The van der Waals surface area contributed by atoms with Gasteiger partial charge < -0.3 is 74.7 Å². The van der Waals surface area contributed by atoms with Crippen molar-refractivity contribution >= 4 is 5.69 Å². The quantitative estimate of drug-likeness (QED) is 0.0862. The molecule has 0 radical (unpaired) electrons.